The first-order chi connectivity index (χ1) is 11.5. The molecule has 0 saturated heterocycles. The molecule has 0 heterocycles. The molecule has 0 fully saturated rings. The number of anilines is 2. The van der Waals surface area contributed by atoms with Crippen molar-refractivity contribution in [1.29, 1.82) is 0 Å². The van der Waals surface area contributed by atoms with Gasteiger partial charge in [-0.1, -0.05) is 24.3 Å². The quantitative estimate of drug-likeness (QED) is 0.586. The summed E-state index contributed by atoms with van der Waals surface area (Å²) in [6, 6.07) is 8.06. The lowest BCUT2D eigenvalue weighted by Crippen LogP contribution is -2.54. The lowest BCUT2D eigenvalue weighted by Gasteiger charge is -2.38. The number of halogens is 6. The number of hydrogen-bond donors (Lipinski definition) is 2. The molecule has 0 bridgehead atoms. The first kappa shape index (κ1) is 19.0. The van der Waals surface area contributed by atoms with E-state index < -0.39 is 28.9 Å². The number of hydrogen-bond acceptors (Lipinski definition) is 2. The molecule has 25 heavy (non-hydrogen) atoms. The minimum Gasteiger partial charge on any atom is -0.399 e. The van der Waals surface area contributed by atoms with Gasteiger partial charge >= 0.3 is 12.4 Å². The molecule has 0 aliphatic rings. The zero-order valence-electron chi connectivity index (χ0n) is 13.2. The molecule has 2 nitrogen and oxygen atoms in total. The molecule has 2 aromatic carbocycles. The highest BCUT2D eigenvalue weighted by molar-refractivity contribution is 5.55. The second-order valence-corrected chi connectivity index (χ2v) is 5.48. The van der Waals surface area contributed by atoms with Crippen LogP contribution in [0.2, 0.25) is 0 Å². The van der Waals surface area contributed by atoms with Crippen LogP contribution in [-0.2, 0) is 5.41 Å². The third kappa shape index (κ3) is 3.25. The molecule has 0 saturated carbocycles. The van der Waals surface area contributed by atoms with Crippen molar-refractivity contribution in [2.24, 2.45) is 0 Å². The van der Waals surface area contributed by atoms with Gasteiger partial charge < -0.3 is 11.1 Å². The summed E-state index contributed by atoms with van der Waals surface area (Å²) in [4.78, 5) is 0. The van der Waals surface area contributed by atoms with E-state index in [0.717, 1.165) is 30.3 Å². The Morgan fingerprint density at radius 3 is 1.84 bits per heavy atom. The number of nitrogens with one attached hydrogen (secondary N) is 1. The summed E-state index contributed by atoms with van der Waals surface area (Å²) in [5.74, 6) is 0. The second kappa shape index (κ2) is 6.50. The second-order valence-electron chi connectivity index (χ2n) is 5.48. The predicted octanol–water partition coefficient (Wildman–Crippen LogP) is 5.11. The van der Waals surface area contributed by atoms with Crippen LogP contribution in [0, 0.1) is 0 Å². The third-order valence-electron chi connectivity index (χ3n) is 3.85. The van der Waals surface area contributed by atoms with E-state index in [1.165, 1.54) is 12.1 Å². The molecule has 136 valence electrons. The molecule has 0 spiro atoms. The van der Waals surface area contributed by atoms with Gasteiger partial charge in [0, 0.05) is 17.9 Å². The number of benzene rings is 2. The van der Waals surface area contributed by atoms with Crippen LogP contribution < -0.4 is 11.1 Å². The van der Waals surface area contributed by atoms with Gasteiger partial charge in [-0.05, 0) is 42.3 Å². The van der Waals surface area contributed by atoms with Crippen LogP contribution in [0.5, 0.6) is 0 Å². The van der Waals surface area contributed by atoms with Crippen molar-refractivity contribution in [3.05, 3.63) is 59.7 Å². The Labute approximate surface area is 140 Å². The van der Waals surface area contributed by atoms with Crippen LogP contribution in [0.15, 0.2) is 48.5 Å². The maximum absolute atomic E-state index is 13.9. The Morgan fingerprint density at radius 2 is 1.36 bits per heavy atom. The molecular formula is C17H16F6N2. The van der Waals surface area contributed by atoms with Crippen LogP contribution in [-0.4, -0.2) is 18.9 Å². The van der Waals surface area contributed by atoms with Crippen LogP contribution >= 0.6 is 0 Å². The highest BCUT2D eigenvalue weighted by Gasteiger charge is 2.72. The summed E-state index contributed by atoms with van der Waals surface area (Å²) in [5.41, 5.74) is -0.634. The summed E-state index contributed by atoms with van der Waals surface area (Å²) >= 11 is 0. The average molecular weight is 362 g/mol. The first-order valence-corrected chi connectivity index (χ1v) is 7.38. The molecule has 8 heteroatoms. The van der Waals surface area contributed by atoms with Gasteiger partial charge in [-0.2, -0.15) is 26.3 Å². The SMILES string of the molecule is CCNc1cccc(C(c2cccc(N)c2)(C(F)(F)F)C(F)(F)F)c1. The Hall–Kier alpha value is -2.38. The van der Waals surface area contributed by atoms with Crippen molar-refractivity contribution in [2.45, 2.75) is 24.7 Å². The molecule has 2 rings (SSSR count). The Bertz CT molecular complexity index is 722. The lowest BCUT2D eigenvalue weighted by atomic mass is 9.72. The Morgan fingerprint density at radius 1 is 0.840 bits per heavy atom. The minimum absolute atomic E-state index is 0.168. The van der Waals surface area contributed by atoms with Gasteiger partial charge in [-0.3, -0.25) is 0 Å². The van der Waals surface area contributed by atoms with Gasteiger partial charge in [0.1, 0.15) is 0 Å². The number of alkyl halides is 6. The van der Waals surface area contributed by atoms with Crippen LogP contribution in [0.4, 0.5) is 37.7 Å². The minimum atomic E-state index is -5.62. The summed E-state index contributed by atoms with van der Waals surface area (Å²) in [5, 5.41) is 2.73. The largest absolute Gasteiger partial charge is 0.411 e. The van der Waals surface area contributed by atoms with Gasteiger partial charge in [0.15, 0.2) is 0 Å². The molecule has 2 aromatic rings. The van der Waals surface area contributed by atoms with Gasteiger partial charge in [0.2, 0.25) is 5.41 Å². The van der Waals surface area contributed by atoms with E-state index in [1.807, 2.05) is 0 Å². The van der Waals surface area contributed by atoms with Gasteiger partial charge in [-0.25, -0.2) is 0 Å². The topological polar surface area (TPSA) is 38.0 Å². The molecule has 0 aliphatic heterocycles. The fraction of sp³-hybridized carbons (Fsp3) is 0.294. The van der Waals surface area contributed by atoms with Gasteiger partial charge in [-0.15, -0.1) is 0 Å². The normalized spacial score (nSPS) is 12.9. The molecule has 0 atom stereocenters. The average Bonchev–Trinajstić information content (AvgIpc) is 2.45. The fourth-order valence-electron chi connectivity index (χ4n) is 2.82. The van der Waals surface area contributed by atoms with Crippen LogP contribution in [0.3, 0.4) is 0 Å². The van der Waals surface area contributed by atoms with Crippen LogP contribution in [0.1, 0.15) is 18.1 Å². The van der Waals surface area contributed by atoms with E-state index in [9.17, 15) is 26.3 Å². The van der Waals surface area contributed by atoms with Gasteiger partial charge in [0.05, 0.1) is 0 Å². The standard InChI is InChI=1S/C17H16F6N2/c1-2-25-14-8-4-6-12(10-14)15(16(18,19)20,17(21,22)23)11-5-3-7-13(24)9-11/h3-10,25H,2,24H2,1H3. The van der Waals surface area contributed by atoms with Crippen molar-refractivity contribution in [2.75, 3.05) is 17.6 Å². The number of rotatable bonds is 4. The summed E-state index contributed by atoms with van der Waals surface area (Å²) in [6.45, 7) is 2.04. The van der Waals surface area contributed by atoms with E-state index in [4.69, 9.17) is 5.73 Å². The van der Waals surface area contributed by atoms with E-state index in [2.05, 4.69) is 5.32 Å². The molecule has 0 radical (unpaired) electrons. The zero-order valence-corrected chi connectivity index (χ0v) is 13.2. The van der Waals surface area contributed by atoms with E-state index in [0.29, 0.717) is 12.6 Å². The predicted molar refractivity (Wildman–Crippen MR) is 84.4 cm³/mol. The molecular weight excluding hydrogens is 346 g/mol. The lowest BCUT2D eigenvalue weighted by molar-refractivity contribution is -0.288. The highest BCUT2D eigenvalue weighted by atomic mass is 19.4. The van der Waals surface area contributed by atoms with Crippen LogP contribution in [0.25, 0.3) is 0 Å². The maximum atomic E-state index is 13.9. The highest BCUT2D eigenvalue weighted by Crippen LogP contribution is 2.56. The molecule has 0 aromatic heterocycles. The Kier molecular flexibility index (Phi) is 4.92. The first-order valence-electron chi connectivity index (χ1n) is 7.38. The Balaban J connectivity index is 2.87. The smallest absolute Gasteiger partial charge is 0.399 e. The molecule has 0 amide bonds. The number of nitrogen functional groups attached to an aromatic ring is 1. The fourth-order valence-corrected chi connectivity index (χ4v) is 2.82. The summed E-state index contributed by atoms with van der Waals surface area (Å²) < 4.78 is 83.5. The van der Waals surface area contributed by atoms with Crippen molar-refractivity contribution >= 4 is 11.4 Å². The molecule has 0 aliphatic carbocycles. The molecule has 3 N–H and O–H groups in total. The van der Waals surface area contributed by atoms with Crippen molar-refractivity contribution in [3.63, 3.8) is 0 Å². The third-order valence-corrected chi connectivity index (χ3v) is 3.85. The van der Waals surface area contributed by atoms with E-state index in [-0.39, 0.29) is 11.4 Å². The molecule has 0 unspecified atom stereocenters. The van der Waals surface area contributed by atoms with Crippen molar-refractivity contribution < 1.29 is 26.3 Å². The zero-order chi connectivity index (χ0) is 18.9. The van der Waals surface area contributed by atoms with E-state index in [1.54, 1.807) is 6.92 Å². The van der Waals surface area contributed by atoms with Crippen molar-refractivity contribution in [3.8, 4) is 0 Å². The van der Waals surface area contributed by atoms with E-state index >= 15 is 0 Å². The van der Waals surface area contributed by atoms with Gasteiger partial charge in [0.25, 0.3) is 0 Å². The monoisotopic (exact) mass is 362 g/mol. The maximum Gasteiger partial charge on any atom is 0.411 e. The summed E-state index contributed by atoms with van der Waals surface area (Å²) in [7, 11) is 0. The van der Waals surface area contributed by atoms with Crippen molar-refractivity contribution in [1.82, 2.24) is 0 Å². The number of nitrogens with two attached hydrogens (primary N) is 1. The summed E-state index contributed by atoms with van der Waals surface area (Å²) in [6.07, 6.45) is -11.2.